The van der Waals surface area contributed by atoms with Crippen LogP contribution < -0.4 is 0 Å². The molecule has 6 atom stereocenters. The van der Waals surface area contributed by atoms with E-state index in [9.17, 15) is 10.2 Å². The van der Waals surface area contributed by atoms with Gasteiger partial charge in [0.05, 0.1) is 19.8 Å². The summed E-state index contributed by atoms with van der Waals surface area (Å²) < 4.78 is 37.0. The highest BCUT2D eigenvalue weighted by Gasteiger charge is 2.49. The molecule has 198 valence electrons. The zero-order valence-electron chi connectivity index (χ0n) is 21.4. The summed E-state index contributed by atoms with van der Waals surface area (Å²) in [6.45, 7) is 10.9. The summed E-state index contributed by atoms with van der Waals surface area (Å²) in [6, 6.07) is 0. The van der Waals surface area contributed by atoms with E-state index in [0.717, 1.165) is 51.4 Å². The normalized spacial score (nSPS) is 26.5. The summed E-state index contributed by atoms with van der Waals surface area (Å²) in [4.78, 5) is 0. The molecule has 0 bridgehead atoms. The fourth-order valence-corrected chi connectivity index (χ4v) is 3.51. The zero-order chi connectivity index (χ0) is 24.3. The number of hydrogen-bond donors (Lipinski definition) is 2. The van der Waals surface area contributed by atoms with Gasteiger partial charge in [-0.05, 0) is 25.7 Å². The lowest BCUT2D eigenvalue weighted by molar-refractivity contribution is -0.326. The van der Waals surface area contributed by atoms with Crippen molar-refractivity contribution in [1.29, 1.82) is 0 Å². The smallest absolute Gasteiger partial charge is 0.187 e. The Labute approximate surface area is 201 Å². The van der Waals surface area contributed by atoms with E-state index in [4.69, 9.17) is 28.4 Å². The van der Waals surface area contributed by atoms with Crippen molar-refractivity contribution in [2.45, 2.75) is 116 Å². The van der Waals surface area contributed by atoms with Crippen LogP contribution in [0.2, 0.25) is 0 Å². The molecular formula is C25H50O8. The number of aliphatic hydroxyl groups excluding tert-OH is 2. The standard InChI is InChI=1S/C25H50O8/c1-5-9-13-28-19-21-22(29-14-10-6-2)23(30-15-11-7-3)24(31-16-12-8-4)25(33-21)32-18-20(27)17-26/h20-27H,5-19H2,1-4H3/t20?,21?,22?,23?,24-,25?/m0/s1. The van der Waals surface area contributed by atoms with Crippen molar-refractivity contribution in [1.82, 2.24) is 0 Å². The Morgan fingerprint density at radius 2 is 1.21 bits per heavy atom. The Morgan fingerprint density at radius 3 is 1.76 bits per heavy atom. The molecule has 5 unspecified atom stereocenters. The van der Waals surface area contributed by atoms with E-state index in [2.05, 4.69) is 27.7 Å². The third-order valence-corrected chi connectivity index (χ3v) is 5.60. The molecule has 8 nitrogen and oxygen atoms in total. The molecule has 1 rings (SSSR count). The van der Waals surface area contributed by atoms with Crippen LogP contribution in [0.3, 0.4) is 0 Å². The minimum atomic E-state index is -0.984. The van der Waals surface area contributed by atoms with E-state index in [1.165, 1.54) is 0 Å². The van der Waals surface area contributed by atoms with E-state index >= 15 is 0 Å². The second-order valence-electron chi connectivity index (χ2n) is 8.71. The Bertz CT molecular complexity index is 439. The minimum absolute atomic E-state index is 0.0543. The van der Waals surface area contributed by atoms with Gasteiger partial charge in [0.25, 0.3) is 0 Å². The second kappa shape index (κ2) is 19.9. The molecule has 0 amide bonds. The molecule has 1 fully saturated rings. The maximum absolute atomic E-state index is 9.84. The highest BCUT2D eigenvalue weighted by atomic mass is 16.7. The summed E-state index contributed by atoms with van der Waals surface area (Å²) in [5, 5.41) is 19.1. The van der Waals surface area contributed by atoms with Crippen LogP contribution in [0, 0.1) is 0 Å². The second-order valence-corrected chi connectivity index (χ2v) is 8.71. The molecule has 33 heavy (non-hydrogen) atoms. The summed E-state index contributed by atoms with van der Waals surface area (Å²) in [6.07, 6.45) is 4.57. The molecule has 8 heteroatoms. The number of ether oxygens (including phenoxy) is 6. The molecule has 0 spiro atoms. The highest BCUT2D eigenvalue weighted by Crippen LogP contribution is 2.30. The first-order valence-corrected chi connectivity index (χ1v) is 13.1. The van der Waals surface area contributed by atoms with Crippen molar-refractivity contribution in [2.75, 3.05) is 46.2 Å². The molecular weight excluding hydrogens is 428 g/mol. The first kappa shape index (κ1) is 30.7. The zero-order valence-corrected chi connectivity index (χ0v) is 21.4. The van der Waals surface area contributed by atoms with Crippen LogP contribution in [0.15, 0.2) is 0 Å². The van der Waals surface area contributed by atoms with Gasteiger partial charge in [-0.3, -0.25) is 0 Å². The Kier molecular flexibility index (Phi) is 18.5. The van der Waals surface area contributed by atoms with Gasteiger partial charge in [0.2, 0.25) is 0 Å². The Morgan fingerprint density at radius 1 is 0.697 bits per heavy atom. The van der Waals surface area contributed by atoms with Crippen molar-refractivity contribution in [3.63, 3.8) is 0 Å². The quantitative estimate of drug-likeness (QED) is 0.242. The third kappa shape index (κ3) is 12.3. The lowest BCUT2D eigenvalue weighted by Gasteiger charge is -2.46. The number of rotatable bonds is 21. The maximum atomic E-state index is 9.84. The van der Waals surface area contributed by atoms with E-state index in [0.29, 0.717) is 33.0 Å². The molecule has 2 N–H and O–H groups in total. The van der Waals surface area contributed by atoms with Crippen molar-refractivity contribution < 1.29 is 38.6 Å². The molecule has 0 saturated carbocycles. The van der Waals surface area contributed by atoms with E-state index in [1.54, 1.807) is 0 Å². The third-order valence-electron chi connectivity index (χ3n) is 5.60. The van der Waals surface area contributed by atoms with Crippen molar-refractivity contribution in [3.8, 4) is 0 Å². The van der Waals surface area contributed by atoms with Crippen LogP contribution in [-0.2, 0) is 28.4 Å². The van der Waals surface area contributed by atoms with Crippen molar-refractivity contribution in [3.05, 3.63) is 0 Å². The van der Waals surface area contributed by atoms with Crippen molar-refractivity contribution in [2.24, 2.45) is 0 Å². The van der Waals surface area contributed by atoms with Gasteiger partial charge in [0, 0.05) is 26.4 Å². The summed E-state index contributed by atoms with van der Waals surface area (Å²) in [7, 11) is 0. The first-order valence-electron chi connectivity index (χ1n) is 13.1. The van der Waals surface area contributed by atoms with Gasteiger partial charge in [-0.25, -0.2) is 0 Å². The molecule has 0 aromatic carbocycles. The van der Waals surface area contributed by atoms with Crippen LogP contribution in [0.4, 0.5) is 0 Å². The number of aliphatic hydroxyl groups is 2. The van der Waals surface area contributed by atoms with Gasteiger partial charge in [0.15, 0.2) is 6.29 Å². The fourth-order valence-electron chi connectivity index (χ4n) is 3.51. The monoisotopic (exact) mass is 478 g/mol. The summed E-state index contributed by atoms with van der Waals surface area (Å²) in [5.74, 6) is 0. The van der Waals surface area contributed by atoms with Gasteiger partial charge < -0.3 is 38.6 Å². The average molecular weight is 479 g/mol. The lowest BCUT2D eigenvalue weighted by Crippen LogP contribution is -2.62. The average Bonchev–Trinajstić information content (AvgIpc) is 2.82. The van der Waals surface area contributed by atoms with Gasteiger partial charge in [-0.1, -0.05) is 53.4 Å². The van der Waals surface area contributed by atoms with E-state index in [1.807, 2.05) is 0 Å². The molecule has 1 saturated heterocycles. The molecule has 0 aliphatic carbocycles. The molecule has 1 heterocycles. The molecule has 0 aromatic heterocycles. The van der Waals surface area contributed by atoms with Crippen molar-refractivity contribution >= 4 is 0 Å². The predicted molar refractivity (Wildman–Crippen MR) is 127 cm³/mol. The van der Waals surface area contributed by atoms with Crippen LogP contribution in [0.1, 0.15) is 79.1 Å². The van der Waals surface area contributed by atoms with Gasteiger partial charge in [-0.15, -0.1) is 0 Å². The van der Waals surface area contributed by atoms with Crippen LogP contribution in [0.5, 0.6) is 0 Å². The van der Waals surface area contributed by atoms with Crippen LogP contribution in [0.25, 0.3) is 0 Å². The van der Waals surface area contributed by atoms with Gasteiger partial charge in [-0.2, -0.15) is 0 Å². The van der Waals surface area contributed by atoms with E-state index < -0.39 is 18.5 Å². The highest BCUT2D eigenvalue weighted by molar-refractivity contribution is 4.93. The minimum Gasteiger partial charge on any atom is -0.394 e. The largest absolute Gasteiger partial charge is 0.394 e. The van der Waals surface area contributed by atoms with Crippen LogP contribution in [-0.4, -0.2) is 93.3 Å². The fraction of sp³-hybridized carbons (Fsp3) is 1.00. The predicted octanol–water partition coefficient (Wildman–Crippen LogP) is 3.45. The Balaban J connectivity index is 3.07. The summed E-state index contributed by atoms with van der Waals surface area (Å²) in [5.41, 5.74) is 0. The summed E-state index contributed by atoms with van der Waals surface area (Å²) >= 11 is 0. The SMILES string of the molecule is CCCCOCC1OC(OCC(O)CO)[C@@H](OCCCC)C(OCCCC)C1OCCCC. The maximum Gasteiger partial charge on any atom is 0.187 e. The topological polar surface area (TPSA) is 95.8 Å². The van der Waals surface area contributed by atoms with Crippen LogP contribution >= 0.6 is 0 Å². The molecule has 0 aromatic rings. The van der Waals surface area contributed by atoms with Gasteiger partial charge >= 0.3 is 0 Å². The number of hydrogen-bond acceptors (Lipinski definition) is 8. The molecule has 1 aliphatic heterocycles. The lowest BCUT2D eigenvalue weighted by atomic mass is 9.98. The molecule has 1 aliphatic rings. The number of unbranched alkanes of at least 4 members (excludes halogenated alkanes) is 4. The molecule has 0 radical (unpaired) electrons. The van der Waals surface area contributed by atoms with Gasteiger partial charge in [0.1, 0.15) is 30.5 Å². The first-order chi connectivity index (χ1) is 16.1. The Hall–Kier alpha value is -0.320. The van der Waals surface area contributed by atoms with E-state index in [-0.39, 0.29) is 31.5 Å².